The van der Waals surface area contributed by atoms with Crippen LogP contribution in [0, 0.1) is 16.7 Å². The number of fused-ring (bicyclic) bond motifs is 1. The van der Waals surface area contributed by atoms with Crippen molar-refractivity contribution < 1.29 is 5.11 Å². The number of hydrogen-bond acceptors (Lipinski definition) is 6. The normalized spacial score (nSPS) is 11.2. The second kappa shape index (κ2) is 6.10. The first kappa shape index (κ1) is 15.1. The van der Waals surface area contributed by atoms with Crippen LogP contribution < -0.4 is 11.2 Å². The number of rotatable bonds is 4. The highest BCUT2D eigenvalue weighted by molar-refractivity contribution is 6.45. The molecule has 24 heavy (non-hydrogen) atoms. The van der Waals surface area contributed by atoms with E-state index < -0.39 is 5.84 Å². The number of phenols is 1. The lowest BCUT2D eigenvalue weighted by molar-refractivity contribution is 0.475. The zero-order chi connectivity index (χ0) is 17.1. The minimum absolute atomic E-state index is 0.190. The first-order valence-corrected chi connectivity index (χ1v) is 6.94. The topological polar surface area (TPSA) is 147 Å². The molecule has 0 spiro atoms. The Hall–Kier alpha value is -3.86. The maximum atomic E-state index is 9.34. The molecule has 6 N–H and O–H groups in total. The number of aromatic nitrogens is 2. The number of anilines is 1. The van der Waals surface area contributed by atoms with Crippen molar-refractivity contribution in [2.24, 2.45) is 10.8 Å². The van der Waals surface area contributed by atoms with E-state index in [4.69, 9.17) is 16.4 Å². The molecule has 3 aromatic rings. The number of benzene rings is 2. The molecule has 1 aromatic heterocycles. The number of nitrogens with zero attached hydrogens (tertiary/aromatic N) is 3. The molecule has 0 amide bonds. The maximum absolute atomic E-state index is 9.34. The van der Waals surface area contributed by atoms with Gasteiger partial charge in [0.05, 0.1) is 16.7 Å². The SMILES string of the molecule is N#C/C(=N\Nc1ccc2nc(-c3ccc(O)cc3)[nH]c2c1)C(=N)N. The van der Waals surface area contributed by atoms with E-state index in [2.05, 4.69) is 20.5 Å². The Morgan fingerprint density at radius 2 is 2.04 bits per heavy atom. The summed E-state index contributed by atoms with van der Waals surface area (Å²) in [4.78, 5) is 7.67. The fourth-order valence-corrected chi connectivity index (χ4v) is 2.10. The van der Waals surface area contributed by atoms with E-state index in [9.17, 15) is 5.11 Å². The lowest BCUT2D eigenvalue weighted by Gasteiger charge is -2.00. The summed E-state index contributed by atoms with van der Waals surface area (Å²) in [6.07, 6.45) is 0. The van der Waals surface area contributed by atoms with Crippen LogP contribution in [0.4, 0.5) is 5.69 Å². The molecule has 0 aliphatic heterocycles. The molecule has 0 fully saturated rings. The second-order valence-electron chi connectivity index (χ2n) is 4.96. The monoisotopic (exact) mass is 319 g/mol. The zero-order valence-corrected chi connectivity index (χ0v) is 12.4. The molecule has 3 rings (SSSR count). The van der Waals surface area contributed by atoms with Crippen LogP contribution in [0.3, 0.4) is 0 Å². The highest BCUT2D eigenvalue weighted by atomic mass is 16.3. The summed E-state index contributed by atoms with van der Waals surface area (Å²) in [7, 11) is 0. The zero-order valence-electron chi connectivity index (χ0n) is 12.4. The number of aromatic hydroxyl groups is 1. The van der Waals surface area contributed by atoms with E-state index in [1.54, 1.807) is 48.5 Å². The molecule has 0 aliphatic carbocycles. The number of hydrogen-bond donors (Lipinski definition) is 5. The van der Waals surface area contributed by atoms with Crippen LogP contribution in [0.15, 0.2) is 47.6 Å². The summed E-state index contributed by atoms with van der Waals surface area (Å²) >= 11 is 0. The summed E-state index contributed by atoms with van der Waals surface area (Å²) in [6, 6.07) is 13.8. The third-order valence-corrected chi connectivity index (χ3v) is 3.28. The van der Waals surface area contributed by atoms with E-state index in [1.165, 1.54) is 0 Å². The highest BCUT2D eigenvalue weighted by Crippen LogP contribution is 2.24. The van der Waals surface area contributed by atoms with Gasteiger partial charge in [-0.3, -0.25) is 10.8 Å². The number of H-pyrrole nitrogens is 1. The first-order chi connectivity index (χ1) is 11.6. The fraction of sp³-hybridized carbons (Fsp3) is 0. The van der Waals surface area contributed by atoms with Gasteiger partial charge in [-0.1, -0.05) is 0 Å². The Labute approximate surface area is 136 Å². The van der Waals surface area contributed by atoms with Crippen LogP contribution in [0.25, 0.3) is 22.4 Å². The molecule has 0 saturated heterocycles. The second-order valence-corrected chi connectivity index (χ2v) is 4.96. The molecule has 2 aromatic carbocycles. The van der Waals surface area contributed by atoms with Crippen LogP contribution >= 0.6 is 0 Å². The molecule has 0 atom stereocenters. The maximum Gasteiger partial charge on any atom is 0.201 e. The smallest absolute Gasteiger partial charge is 0.201 e. The van der Waals surface area contributed by atoms with Crippen molar-refractivity contribution in [2.75, 3.05) is 5.43 Å². The molecular weight excluding hydrogens is 306 g/mol. The standard InChI is InChI=1S/C16H13N7O/c17-8-14(15(18)19)23-22-10-3-6-12-13(7-10)21-16(20-12)9-1-4-11(24)5-2-9/h1-7,22,24H,(H3,18,19)(H,20,21)/b23-14+. The Morgan fingerprint density at radius 3 is 2.71 bits per heavy atom. The minimum atomic E-state index is -0.401. The van der Waals surface area contributed by atoms with Crippen molar-refractivity contribution in [1.82, 2.24) is 9.97 Å². The van der Waals surface area contributed by atoms with Crippen molar-refractivity contribution in [2.45, 2.75) is 0 Å². The number of amidine groups is 1. The third-order valence-electron chi connectivity index (χ3n) is 3.28. The number of nitriles is 1. The summed E-state index contributed by atoms with van der Waals surface area (Å²) in [5.41, 5.74) is 10.7. The Morgan fingerprint density at radius 1 is 1.29 bits per heavy atom. The van der Waals surface area contributed by atoms with E-state index in [0.717, 1.165) is 16.6 Å². The quantitative estimate of drug-likeness (QED) is 0.284. The highest BCUT2D eigenvalue weighted by Gasteiger charge is 2.07. The molecule has 0 bridgehead atoms. The predicted molar refractivity (Wildman–Crippen MR) is 91.8 cm³/mol. The minimum Gasteiger partial charge on any atom is -0.508 e. The molecule has 118 valence electrons. The number of phenolic OH excluding ortho intramolecular Hbond substituents is 1. The van der Waals surface area contributed by atoms with Gasteiger partial charge in [0, 0.05) is 5.56 Å². The van der Waals surface area contributed by atoms with E-state index in [-0.39, 0.29) is 11.5 Å². The van der Waals surface area contributed by atoms with Crippen molar-refractivity contribution in [3.8, 4) is 23.2 Å². The fourth-order valence-electron chi connectivity index (χ4n) is 2.10. The average Bonchev–Trinajstić information content (AvgIpc) is 2.99. The van der Waals surface area contributed by atoms with E-state index in [0.29, 0.717) is 11.5 Å². The summed E-state index contributed by atoms with van der Waals surface area (Å²) in [5.74, 6) is 0.465. The van der Waals surface area contributed by atoms with Crippen molar-refractivity contribution in [1.29, 1.82) is 10.7 Å². The molecule has 0 aliphatic rings. The molecule has 8 nitrogen and oxygen atoms in total. The van der Waals surface area contributed by atoms with Gasteiger partial charge in [-0.05, 0) is 42.5 Å². The summed E-state index contributed by atoms with van der Waals surface area (Å²) in [6.45, 7) is 0. The van der Waals surface area contributed by atoms with Crippen LogP contribution in [0.2, 0.25) is 0 Å². The number of nitrogens with two attached hydrogens (primary N) is 1. The van der Waals surface area contributed by atoms with Gasteiger partial charge < -0.3 is 15.8 Å². The molecular formula is C16H13N7O. The van der Waals surface area contributed by atoms with Gasteiger partial charge in [-0.25, -0.2) is 4.98 Å². The van der Waals surface area contributed by atoms with Crippen LogP contribution in [0.5, 0.6) is 5.75 Å². The van der Waals surface area contributed by atoms with Crippen LogP contribution in [-0.4, -0.2) is 26.6 Å². The van der Waals surface area contributed by atoms with E-state index >= 15 is 0 Å². The van der Waals surface area contributed by atoms with Gasteiger partial charge in [0.1, 0.15) is 17.6 Å². The first-order valence-electron chi connectivity index (χ1n) is 6.94. The molecule has 8 heteroatoms. The molecule has 0 unspecified atom stereocenters. The lowest BCUT2D eigenvalue weighted by atomic mass is 10.2. The van der Waals surface area contributed by atoms with Gasteiger partial charge in [-0.15, -0.1) is 0 Å². The molecule has 0 saturated carbocycles. The Kier molecular flexibility index (Phi) is 3.82. The third kappa shape index (κ3) is 3.00. The van der Waals surface area contributed by atoms with Crippen molar-refractivity contribution in [3.63, 3.8) is 0 Å². The number of hydrazone groups is 1. The van der Waals surface area contributed by atoms with Gasteiger partial charge in [0.25, 0.3) is 0 Å². The van der Waals surface area contributed by atoms with E-state index in [1.807, 2.05) is 0 Å². The largest absolute Gasteiger partial charge is 0.508 e. The number of aromatic amines is 1. The molecule has 1 heterocycles. The molecule has 0 radical (unpaired) electrons. The van der Waals surface area contributed by atoms with Crippen LogP contribution in [0.1, 0.15) is 0 Å². The summed E-state index contributed by atoms with van der Waals surface area (Å²) < 4.78 is 0. The number of imidazole rings is 1. The van der Waals surface area contributed by atoms with Gasteiger partial charge >= 0.3 is 0 Å². The number of nitrogens with one attached hydrogen (secondary N) is 3. The summed E-state index contributed by atoms with van der Waals surface area (Å²) in [5, 5.41) is 29.2. The van der Waals surface area contributed by atoms with Gasteiger partial charge in [0.2, 0.25) is 5.71 Å². The van der Waals surface area contributed by atoms with Crippen LogP contribution in [-0.2, 0) is 0 Å². The van der Waals surface area contributed by atoms with Crippen molar-refractivity contribution >= 4 is 28.3 Å². The van der Waals surface area contributed by atoms with Gasteiger partial charge in [-0.2, -0.15) is 10.4 Å². The van der Waals surface area contributed by atoms with Gasteiger partial charge in [0.15, 0.2) is 5.84 Å². The predicted octanol–water partition coefficient (Wildman–Crippen LogP) is 2.16. The lowest BCUT2D eigenvalue weighted by Crippen LogP contribution is -2.21. The van der Waals surface area contributed by atoms with Crippen molar-refractivity contribution in [3.05, 3.63) is 42.5 Å². The average molecular weight is 319 g/mol. The Bertz CT molecular complexity index is 980. The Balaban J connectivity index is 1.90.